The van der Waals surface area contributed by atoms with Gasteiger partial charge in [0, 0.05) is 12.6 Å². The number of hydrogen-bond donors (Lipinski definition) is 2. The van der Waals surface area contributed by atoms with Crippen LogP contribution >= 0.6 is 0 Å². The Morgan fingerprint density at radius 1 is 1.57 bits per heavy atom. The Morgan fingerprint density at radius 2 is 2.38 bits per heavy atom. The van der Waals surface area contributed by atoms with Gasteiger partial charge in [-0.2, -0.15) is 0 Å². The van der Waals surface area contributed by atoms with E-state index in [9.17, 15) is 14.9 Å². The molecule has 1 atom stereocenters. The second-order valence-electron chi connectivity index (χ2n) is 5.05. The molecule has 7 nitrogen and oxygen atoms in total. The van der Waals surface area contributed by atoms with Crippen LogP contribution in [0.1, 0.15) is 23.2 Å². The molecule has 1 aliphatic heterocycles. The summed E-state index contributed by atoms with van der Waals surface area (Å²) in [5, 5.41) is 16.8. The zero-order chi connectivity index (χ0) is 15.2. The molecule has 0 radical (unpaired) electrons. The third kappa shape index (κ3) is 3.91. The molecule has 21 heavy (non-hydrogen) atoms. The van der Waals surface area contributed by atoms with Gasteiger partial charge in [-0.3, -0.25) is 14.9 Å². The number of nitro benzene ring substituents is 1. The first-order valence-corrected chi connectivity index (χ1v) is 6.93. The molecular weight excluding hydrogens is 274 g/mol. The lowest BCUT2D eigenvalue weighted by Crippen LogP contribution is -2.26. The van der Waals surface area contributed by atoms with E-state index in [4.69, 9.17) is 4.74 Å². The van der Waals surface area contributed by atoms with Gasteiger partial charge in [-0.1, -0.05) is 0 Å². The van der Waals surface area contributed by atoms with Gasteiger partial charge < -0.3 is 15.4 Å². The summed E-state index contributed by atoms with van der Waals surface area (Å²) in [6.45, 7) is 2.62. The monoisotopic (exact) mass is 293 g/mol. The largest absolute Gasteiger partial charge is 0.496 e. The lowest BCUT2D eigenvalue weighted by molar-refractivity contribution is -0.384. The number of hydrogen-bond acceptors (Lipinski definition) is 5. The highest BCUT2D eigenvalue weighted by molar-refractivity contribution is 5.97. The van der Waals surface area contributed by atoms with Crippen LogP contribution in [-0.4, -0.2) is 37.6 Å². The van der Waals surface area contributed by atoms with Crippen LogP contribution in [0.2, 0.25) is 0 Å². The molecule has 114 valence electrons. The van der Waals surface area contributed by atoms with Crippen molar-refractivity contribution in [1.29, 1.82) is 0 Å². The third-order valence-corrected chi connectivity index (χ3v) is 3.64. The molecule has 1 saturated heterocycles. The molecule has 0 saturated carbocycles. The van der Waals surface area contributed by atoms with Gasteiger partial charge >= 0.3 is 0 Å². The van der Waals surface area contributed by atoms with Crippen molar-refractivity contribution < 1.29 is 14.5 Å². The highest BCUT2D eigenvalue weighted by Gasteiger charge is 2.18. The molecule has 0 spiro atoms. The van der Waals surface area contributed by atoms with E-state index in [1.54, 1.807) is 0 Å². The molecule has 1 heterocycles. The smallest absolute Gasteiger partial charge is 0.273 e. The molecular formula is C14H19N3O4. The fourth-order valence-electron chi connectivity index (χ4n) is 2.43. The van der Waals surface area contributed by atoms with Gasteiger partial charge in [0.2, 0.25) is 0 Å². The van der Waals surface area contributed by atoms with Crippen molar-refractivity contribution in [3.8, 4) is 5.75 Å². The number of carbonyl (C=O) groups is 1. The van der Waals surface area contributed by atoms with Crippen molar-refractivity contribution in [3.63, 3.8) is 0 Å². The van der Waals surface area contributed by atoms with E-state index in [-0.39, 0.29) is 17.3 Å². The van der Waals surface area contributed by atoms with E-state index in [1.807, 2.05) is 0 Å². The van der Waals surface area contributed by atoms with Crippen LogP contribution in [0, 0.1) is 16.0 Å². The normalized spacial score (nSPS) is 17.5. The Hall–Kier alpha value is -2.15. The Kier molecular flexibility index (Phi) is 5.10. The Bertz CT molecular complexity index is 527. The zero-order valence-electron chi connectivity index (χ0n) is 11.9. The number of carbonyl (C=O) groups excluding carboxylic acids is 1. The number of ether oxygens (including phenoxy) is 1. The van der Waals surface area contributed by atoms with E-state index in [1.165, 1.54) is 25.3 Å². The molecule has 0 aromatic heterocycles. The SMILES string of the molecule is COc1cc([N+](=O)[O-])ccc1C(=O)NCCC1CCNC1. The molecule has 1 unspecified atom stereocenters. The van der Waals surface area contributed by atoms with Crippen LogP contribution in [0.3, 0.4) is 0 Å². The van der Waals surface area contributed by atoms with Crippen LogP contribution in [0.25, 0.3) is 0 Å². The number of rotatable bonds is 6. The summed E-state index contributed by atoms with van der Waals surface area (Å²) in [5.41, 5.74) is 0.216. The molecule has 1 amide bonds. The molecule has 1 aromatic carbocycles. The molecule has 7 heteroatoms. The lowest BCUT2D eigenvalue weighted by atomic mass is 10.1. The molecule has 1 fully saturated rings. The Morgan fingerprint density at radius 3 is 3.00 bits per heavy atom. The quantitative estimate of drug-likeness (QED) is 0.609. The first kappa shape index (κ1) is 15.2. The van der Waals surface area contributed by atoms with Gasteiger partial charge in [0.15, 0.2) is 0 Å². The summed E-state index contributed by atoms with van der Waals surface area (Å²) in [7, 11) is 1.39. The number of nitrogens with zero attached hydrogens (tertiary/aromatic N) is 1. The van der Waals surface area contributed by atoms with Gasteiger partial charge in [-0.15, -0.1) is 0 Å². The fourth-order valence-corrected chi connectivity index (χ4v) is 2.43. The minimum atomic E-state index is -0.517. The van der Waals surface area contributed by atoms with Crippen LogP contribution in [0.5, 0.6) is 5.75 Å². The summed E-state index contributed by atoms with van der Waals surface area (Å²) < 4.78 is 5.06. The van der Waals surface area contributed by atoms with Gasteiger partial charge in [0.1, 0.15) is 5.75 Å². The maximum atomic E-state index is 12.1. The average Bonchev–Trinajstić information content (AvgIpc) is 2.99. The van der Waals surface area contributed by atoms with Crippen LogP contribution in [-0.2, 0) is 0 Å². The number of non-ortho nitro benzene ring substituents is 1. The van der Waals surface area contributed by atoms with Gasteiger partial charge in [-0.25, -0.2) is 0 Å². The van der Waals surface area contributed by atoms with E-state index in [2.05, 4.69) is 10.6 Å². The van der Waals surface area contributed by atoms with Crippen molar-refractivity contribution in [3.05, 3.63) is 33.9 Å². The van der Waals surface area contributed by atoms with Gasteiger partial charge in [0.25, 0.3) is 11.6 Å². The van der Waals surface area contributed by atoms with Crippen LogP contribution in [0.15, 0.2) is 18.2 Å². The molecule has 1 aromatic rings. The molecule has 1 aliphatic rings. The predicted octanol–water partition coefficient (Wildman–Crippen LogP) is 1.33. The van der Waals surface area contributed by atoms with Crippen molar-refractivity contribution >= 4 is 11.6 Å². The van der Waals surface area contributed by atoms with Crippen molar-refractivity contribution in [2.75, 3.05) is 26.7 Å². The second-order valence-corrected chi connectivity index (χ2v) is 5.05. The second kappa shape index (κ2) is 7.03. The first-order chi connectivity index (χ1) is 10.1. The number of benzene rings is 1. The maximum Gasteiger partial charge on any atom is 0.273 e. The summed E-state index contributed by atoms with van der Waals surface area (Å²) in [6, 6.07) is 3.98. The minimum Gasteiger partial charge on any atom is -0.496 e. The third-order valence-electron chi connectivity index (χ3n) is 3.64. The first-order valence-electron chi connectivity index (χ1n) is 6.93. The van der Waals surface area contributed by atoms with E-state index in [0.717, 1.165) is 25.9 Å². The number of amides is 1. The number of methoxy groups -OCH3 is 1. The van der Waals surface area contributed by atoms with Crippen molar-refractivity contribution in [2.45, 2.75) is 12.8 Å². The standard InChI is InChI=1S/C14H19N3O4/c1-21-13-8-11(17(19)20)2-3-12(13)14(18)16-7-5-10-4-6-15-9-10/h2-3,8,10,15H,4-7,9H2,1H3,(H,16,18). The predicted molar refractivity (Wildman–Crippen MR) is 77.6 cm³/mol. The van der Waals surface area contributed by atoms with Gasteiger partial charge in [-0.05, 0) is 37.9 Å². The van der Waals surface area contributed by atoms with Crippen molar-refractivity contribution in [2.24, 2.45) is 5.92 Å². The summed E-state index contributed by atoms with van der Waals surface area (Å²) >= 11 is 0. The molecule has 2 N–H and O–H groups in total. The van der Waals surface area contributed by atoms with E-state index < -0.39 is 4.92 Å². The lowest BCUT2D eigenvalue weighted by Gasteiger charge is -2.11. The highest BCUT2D eigenvalue weighted by atomic mass is 16.6. The molecule has 2 rings (SSSR count). The van der Waals surface area contributed by atoms with E-state index in [0.29, 0.717) is 18.0 Å². The van der Waals surface area contributed by atoms with E-state index >= 15 is 0 Å². The van der Waals surface area contributed by atoms with Gasteiger partial charge in [0.05, 0.1) is 23.7 Å². The summed E-state index contributed by atoms with van der Waals surface area (Å²) in [4.78, 5) is 22.3. The van der Waals surface area contributed by atoms with Crippen molar-refractivity contribution in [1.82, 2.24) is 10.6 Å². The maximum absolute atomic E-state index is 12.1. The zero-order valence-corrected chi connectivity index (χ0v) is 11.9. The summed E-state index contributed by atoms with van der Waals surface area (Å²) in [6.07, 6.45) is 2.06. The number of nitrogens with one attached hydrogen (secondary N) is 2. The molecule has 0 bridgehead atoms. The fraction of sp³-hybridized carbons (Fsp3) is 0.500. The average molecular weight is 293 g/mol. The van der Waals surface area contributed by atoms with Crippen LogP contribution in [0.4, 0.5) is 5.69 Å². The topological polar surface area (TPSA) is 93.5 Å². The molecule has 0 aliphatic carbocycles. The Balaban J connectivity index is 1.96. The summed E-state index contributed by atoms with van der Waals surface area (Å²) in [5.74, 6) is 0.543. The Labute approximate surface area is 122 Å². The minimum absolute atomic E-state index is 0.0968. The highest BCUT2D eigenvalue weighted by Crippen LogP contribution is 2.24. The number of nitro groups is 1. The van der Waals surface area contributed by atoms with Crippen LogP contribution < -0.4 is 15.4 Å².